The number of benzene rings is 2. The molecule has 0 aliphatic carbocycles. The summed E-state index contributed by atoms with van der Waals surface area (Å²) in [6, 6.07) is 6.57. The summed E-state index contributed by atoms with van der Waals surface area (Å²) in [7, 11) is -8.47. The van der Waals surface area contributed by atoms with Gasteiger partial charge in [-0.15, -0.1) is 0 Å². The lowest BCUT2D eigenvalue weighted by atomic mass is 10.3. The van der Waals surface area contributed by atoms with Gasteiger partial charge in [0.1, 0.15) is 5.75 Å². The summed E-state index contributed by atoms with van der Waals surface area (Å²) in [6.45, 7) is -1.21. The molecule has 2 aromatic rings. The van der Waals surface area contributed by atoms with E-state index < -0.39 is 54.1 Å². The first-order valence-corrected chi connectivity index (χ1v) is 12.3. The van der Waals surface area contributed by atoms with E-state index in [9.17, 15) is 40.1 Å². The van der Waals surface area contributed by atoms with Crippen LogP contribution in [0.3, 0.4) is 0 Å². The predicted octanol–water partition coefficient (Wildman–Crippen LogP) is 3.12. The zero-order valence-electron chi connectivity index (χ0n) is 16.8. The highest BCUT2D eigenvalue weighted by atomic mass is 32.2. The maximum atomic E-state index is 12.8. The van der Waals surface area contributed by atoms with Crippen molar-refractivity contribution in [3.05, 3.63) is 52.6 Å². The molecule has 1 fully saturated rings. The fourth-order valence-corrected chi connectivity index (χ4v) is 5.67. The van der Waals surface area contributed by atoms with Gasteiger partial charge in [-0.1, -0.05) is 0 Å². The molecule has 1 heterocycles. The highest BCUT2D eigenvalue weighted by Crippen LogP contribution is 2.33. The molecule has 0 atom stereocenters. The number of nitrogens with one attached hydrogen (secondary N) is 1. The summed E-state index contributed by atoms with van der Waals surface area (Å²) in [6.07, 6.45) is -3.44. The van der Waals surface area contributed by atoms with Gasteiger partial charge in [0.05, 0.1) is 20.4 Å². The lowest BCUT2D eigenvalue weighted by Crippen LogP contribution is -2.28. The lowest BCUT2D eigenvalue weighted by molar-refractivity contribution is -0.384. The fourth-order valence-electron chi connectivity index (χ4n) is 3.06. The molecule has 1 aliphatic heterocycles. The normalized spacial score (nSPS) is 15.4. The molecule has 2 aromatic carbocycles. The zero-order chi connectivity index (χ0) is 24.4. The quantitative estimate of drug-likeness (QED) is 0.427. The van der Waals surface area contributed by atoms with E-state index in [1.54, 1.807) is 0 Å². The molecule has 180 valence electrons. The number of alkyl halides is 3. The second kappa shape index (κ2) is 9.15. The molecule has 15 heteroatoms. The standard InChI is InChI=1S/C18H18F3N3O7S2/c19-18(20,21)12-31-17-8-7-15(33(29,30)23-9-1-2-10-23)11-16(17)22-32(27,28)14-5-3-13(4-6-14)24(25)26/h3-8,11,22H,1-2,9-10,12H2. The molecule has 0 bridgehead atoms. The van der Waals surface area contributed by atoms with E-state index in [1.165, 1.54) is 4.31 Å². The fraction of sp³-hybridized carbons (Fsp3) is 0.333. The van der Waals surface area contributed by atoms with Crippen LogP contribution < -0.4 is 9.46 Å². The van der Waals surface area contributed by atoms with Gasteiger partial charge in [-0.3, -0.25) is 14.8 Å². The number of rotatable bonds is 8. The first kappa shape index (κ1) is 24.7. The smallest absolute Gasteiger partial charge is 0.422 e. The minimum absolute atomic E-state index is 0.262. The van der Waals surface area contributed by atoms with Crippen molar-refractivity contribution in [3.8, 4) is 5.75 Å². The SMILES string of the molecule is O=[N+]([O-])c1ccc(S(=O)(=O)Nc2cc(S(=O)(=O)N3CCCC3)ccc2OCC(F)(F)F)cc1. The van der Waals surface area contributed by atoms with Crippen LogP contribution in [0, 0.1) is 10.1 Å². The molecule has 0 spiro atoms. The van der Waals surface area contributed by atoms with Crippen molar-refractivity contribution in [3.63, 3.8) is 0 Å². The topological polar surface area (TPSA) is 136 Å². The molecule has 0 saturated carbocycles. The van der Waals surface area contributed by atoms with Crippen LogP contribution in [0.4, 0.5) is 24.5 Å². The first-order chi connectivity index (χ1) is 15.3. The van der Waals surface area contributed by atoms with Crippen LogP contribution in [0.2, 0.25) is 0 Å². The van der Waals surface area contributed by atoms with Crippen LogP contribution in [0.1, 0.15) is 12.8 Å². The predicted molar refractivity (Wildman–Crippen MR) is 110 cm³/mol. The van der Waals surface area contributed by atoms with Crippen molar-refractivity contribution in [2.24, 2.45) is 0 Å². The van der Waals surface area contributed by atoms with E-state index in [2.05, 4.69) is 4.74 Å². The van der Waals surface area contributed by atoms with Gasteiger partial charge in [-0.25, -0.2) is 16.8 Å². The second-order valence-corrected chi connectivity index (χ2v) is 10.6. The molecule has 0 radical (unpaired) electrons. The summed E-state index contributed by atoms with van der Waals surface area (Å²) in [5, 5.41) is 10.8. The van der Waals surface area contributed by atoms with Crippen LogP contribution in [0.15, 0.2) is 52.3 Å². The summed E-state index contributed by atoms with van der Waals surface area (Å²) in [5.41, 5.74) is -0.903. The van der Waals surface area contributed by atoms with E-state index in [4.69, 9.17) is 0 Å². The Morgan fingerprint density at radius 3 is 2.12 bits per heavy atom. The number of nitro groups is 1. The Morgan fingerprint density at radius 1 is 1.00 bits per heavy atom. The second-order valence-electron chi connectivity index (χ2n) is 7.03. The molecule has 1 saturated heterocycles. The number of nitrogens with zero attached hydrogens (tertiary/aromatic N) is 2. The molecule has 10 nitrogen and oxygen atoms in total. The van der Waals surface area contributed by atoms with Crippen LogP contribution in [-0.4, -0.2) is 51.9 Å². The lowest BCUT2D eigenvalue weighted by Gasteiger charge is -2.19. The minimum Gasteiger partial charge on any atom is -0.482 e. The van der Waals surface area contributed by atoms with Crippen molar-refractivity contribution in [1.29, 1.82) is 0 Å². The summed E-state index contributed by atoms with van der Waals surface area (Å²) < 4.78 is 96.9. The zero-order valence-corrected chi connectivity index (χ0v) is 18.4. The van der Waals surface area contributed by atoms with Crippen molar-refractivity contribution >= 4 is 31.4 Å². The monoisotopic (exact) mass is 509 g/mol. The van der Waals surface area contributed by atoms with E-state index in [0.717, 1.165) is 42.5 Å². The number of non-ortho nitro benzene ring substituents is 1. The Kier molecular flexibility index (Phi) is 6.85. The average molecular weight is 509 g/mol. The van der Waals surface area contributed by atoms with E-state index in [0.29, 0.717) is 12.8 Å². The van der Waals surface area contributed by atoms with Crippen LogP contribution in [0.5, 0.6) is 5.75 Å². The largest absolute Gasteiger partial charge is 0.482 e. The number of nitro benzene ring substituents is 1. The van der Waals surface area contributed by atoms with Gasteiger partial charge >= 0.3 is 6.18 Å². The summed E-state index contributed by atoms with van der Waals surface area (Å²) >= 11 is 0. The number of sulfonamides is 2. The molecular weight excluding hydrogens is 491 g/mol. The van der Waals surface area contributed by atoms with Gasteiger partial charge in [0.2, 0.25) is 10.0 Å². The Bertz CT molecular complexity index is 1240. The van der Waals surface area contributed by atoms with Crippen molar-refractivity contribution in [2.45, 2.75) is 28.8 Å². The van der Waals surface area contributed by atoms with Crippen LogP contribution in [0.25, 0.3) is 0 Å². The van der Waals surface area contributed by atoms with Gasteiger partial charge in [0.25, 0.3) is 15.7 Å². The summed E-state index contributed by atoms with van der Waals surface area (Å²) in [5.74, 6) is -0.543. The Hall–Kier alpha value is -2.91. The number of halogens is 3. The maximum absolute atomic E-state index is 12.8. The number of hydrogen-bond acceptors (Lipinski definition) is 7. The molecule has 33 heavy (non-hydrogen) atoms. The van der Waals surface area contributed by atoms with E-state index >= 15 is 0 Å². The summed E-state index contributed by atoms with van der Waals surface area (Å²) in [4.78, 5) is 9.27. The first-order valence-electron chi connectivity index (χ1n) is 9.41. The third-order valence-corrected chi connectivity index (χ3v) is 7.92. The van der Waals surface area contributed by atoms with Gasteiger partial charge in [0, 0.05) is 25.2 Å². The molecule has 0 amide bonds. The molecule has 1 N–H and O–H groups in total. The van der Waals surface area contributed by atoms with Crippen molar-refractivity contribution < 1.29 is 39.7 Å². The van der Waals surface area contributed by atoms with Gasteiger partial charge in [-0.05, 0) is 43.2 Å². The van der Waals surface area contributed by atoms with E-state index in [1.807, 2.05) is 4.72 Å². The molecule has 0 aromatic heterocycles. The molecular formula is C18H18F3N3O7S2. The van der Waals surface area contributed by atoms with Crippen molar-refractivity contribution in [2.75, 3.05) is 24.4 Å². The minimum atomic E-state index is -4.73. The Balaban J connectivity index is 1.99. The third-order valence-electron chi connectivity index (χ3n) is 4.65. The van der Waals surface area contributed by atoms with Gasteiger partial charge in [-0.2, -0.15) is 17.5 Å². The van der Waals surface area contributed by atoms with Gasteiger partial charge < -0.3 is 4.74 Å². The van der Waals surface area contributed by atoms with Crippen LogP contribution >= 0.6 is 0 Å². The highest BCUT2D eigenvalue weighted by Gasteiger charge is 2.31. The molecule has 0 unspecified atom stereocenters. The molecule has 3 rings (SSSR count). The molecule has 1 aliphatic rings. The van der Waals surface area contributed by atoms with Crippen molar-refractivity contribution in [1.82, 2.24) is 4.31 Å². The highest BCUT2D eigenvalue weighted by molar-refractivity contribution is 7.92. The Morgan fingerprint density at radius 2 is 1.58 bits per heavy atom. The number of ether oxygens (including phenoxy) is 1. The average Bonchev–Trinajstić information content (AvgIpc) is 3.28. The van der Waals surface area contributed by atoms with E-state index in [-0.39, 0.29) is 23.7 Å². The van der Waals surface area contributed by atoms with Gasteiger partial charge in [0.15, 0.2) is 6.61 Å². The van der Waals surface area contributed by atoms with Crippen LogP contribution in [-0.2, 0) is 20.0 Å². The number of anilines is 1. The maximum Gasteiger partial charge on any atom is 0.422 e. The Labute approximate surface area is 187 Å². The third kappa shape index (κ3) is 5.91. The number of hydrogen-bond donors (Lipinski definition) is 1.